The van der Waals surface area contributed by atoms with Crippen molar-refractivity contribution < 1.29 is 0 Å². The Balaban J connectivity index is 2.20. The zero-order valence-electron chi connectivity index (χ0n) is 9.48. The molecule has 2 N–H and O–H groups in total. The number of hydrogen-bond acceptors (Lipinski definition) is 4. The van der Waals surface area contributed by atoms with Crippen molar-refractivity contribution in [1.29, 1.82) is 5.26 Å². The number of nitrogens with two attached hydrogens (primary N) is 1. The van der Waals surface area contributed by atoms with Crippen molar-refractivity contribution in [2.45, 2.75) is 19.8 Å². The molecule has 16 heavy (non-hydrogen) atoms. The molecule has 0 saturated heterocycles. The molecule has 1 aliphatic carbocycles. The predicted octanol–water partition coefficient (Wildman–Crippen LogP) is 1.77. The average Bonchev–Trinajstić information content (AvgIpc) is 3.10. The quantitative estimate of drug-likeness (QED) is 0.833. The average molecular weight is 216 g/mol. The number of nitriles is 1. The fraction of sp³-hybridized carbons (Fsp3) is 0.500. The standard InChI is InChI=1S/C12H16N4/c1-2-16(8-9-3-4-9)12-11(14)5-10(6-13)7-15-12/h5,7,9H,2-4,8,14H2,1H3. The van der Waals surface area contributed by atoms with E-state index in [9.17, 15) is 0 Å². The summed E-state index contributed by atoms with van der Waals surface area (Å²) in [7, 11) is 0. The first-order valence-corrected chi connectivity index (χ1v) is 5.65. The lowest BCUT2D eigenvalue weighted by Crippen LogP contribution is -2.27. The Morgan fingerprint density at radius 1 is 1.62 bits per heavy atom. The van der Waals surface area contributed by atoms with Gasteiger partial charge >= 0.3 is 0 Å². The maximum absolute atomic E-state index is 8.74. The minimum atomic E-state index is 0.517. The van der Waals surface area contributed by atoms with Crippen LogP contribution in [0.25, 0.3) is 0 Å². The molecule has 1 heterocycles. The third-order valence-corrected chi connectivity index (χ3v) is 2.88. The monoisotopic (exact) mass is 216 g/mol. The summed E-state index contributed by atoms with van der Waals surface area (Å²) in [6, 6.07) is 3.74. The molecule has 4 nitrogen and oxygen atoms in total. The molecule has 0 spiro atoms. The van der Waals surface area contributed by atoms with Gasteiger partial charge in [0.1, 0.15) is 6.07 Å². The lowest BCUT2D eigenvalue weighted by atomic mass is 10.2. The summed E-state index contributed by atoms with van der Waals surface area (Å²) in [6.45, 7) is 4.03. The van der Waals surface area contributed by atoms with E-state index in [2.05, 4.69) is 16.8 Å². The van der Waals surface area contributed by atoms with Crippen LogP contribution in [-0.4, -0.2) is 18.1 Å². The Labute approximate surface area is 95.7 Å². The maximum Gasteiger partial charge on any atom is 0.151 e. The molecule has 0 unspecified atom stereocenters. The first-order valence-electron chi connectivity index (χ1n) is 5.65. The zero-order chi connectivity index (χ0) is 11.5. The molecular formula is C12H16N4. The highest BCUT2D eigenvalue weighted by Gasteiger charge is 2.25. The molecule has 1 aromatic rings. The van der Waals surface area contributed by atoms with E-state index in [0.717, 1.165) is 24.8 Å². The van der Waals surface area contributed by atoms with Gasteiger partial charge in [-0.3, -0.25) is 0 Å². The van der Waals surface area contributed by atoms with Crippen LogP contribution < -0.4 is 10.6 Å². The summed E-state index contributed by atoms with van der Waals surface area (Å²) in [4.78, 5) is 6.47. The molecule has 2 rings (SSSR count). The number of aromatic nitrogens is 1. The molecule has 0 aliphatic heterocycles. The van der Waals surface area contributed by atoms with E-state index >= 15 is 0 Å². The van der Waals surface area contributed by atoms with Gasteiger partial charge in [0.25, 0.3) is 0 Å². The van der Waals surface area contributed by atoms with Gasteiger partial charge in [-0.2, -0.15) is 5.26 Å². The van der Waals surface area contributed by atoms with Gasteiger partial charge in [-0.25, -0.2) is 4.98 Å². The lowest BCUT2D eigenvalue weighted by Gasteiger charge is -2.23. The Morgan fingerprint density at radius 3 is 2.88 bits per heavy atom. The number of nitrogen functional groups attached to an aromatic ring is 1. The van der Waals surface area contributed by atoms with E-state index in [1.54, 1.807) is 12.3 Å². The molecule has 0 radical (unpaired) electrons. The smallest absolute Gasteiger partial charge is 0.151 e. The molecule has 1 saturated carbocycles. The molecule has 1 aliphatic rings. The van der Waals surface area contributed by atoms with E-state index < -0.39 is 0 Å². The molecule has 0 bridgehead atoms. The molecule has 4 heteroatoms. The van der Waals surface area contributed by atoms with Crippen LogP contribution in [0.4, 0.5) is 11.5 Å². The summed E-state index contributed by atoms with van der Waals surface area (Å²) in [5, 5.41) is 8.74. The highest BCUT2D eigenvalue weighted by molar-refractivity contribution is 5.64. The SMILES string of the molecule is CCN(CC1CC1)c1ncc(C#N)cc1N. The van der Waals surface area contributed by atoms with Gasteiger partial charge in [0.2, 0.25) is 0 Å². The van der Waals surface area contributed by atoms with Crippen LogP contribution in [-0.2, 0) is 0 Å². The number of anilines is 2. The second-order valence-electron chi connectivity index (χ2n) is 4.23. The normalized spacial score (nSPS) is 14.5. The lowest BCUT2D eigenvalue weighted by molar-refractivity contribution is 0.733. The number of rotatable bonds is 4. The van der Waals surface area contributed by atoms with Gasteiger partial charge in [0.05, 0.1) is 11.3 Å². The largest absolute Gasteiger partial charge is 0.396 e. The van der Waals surface area contributed by atoms with Crippen LogP contribution in [0.3, 0.4) is 0 Å². The highest BCUT2D eigenvalue weighted by Crippen LogP contribution is 2.32. The Hall–Kier alpha value is -1.76. The van der Waals surface area contributed by atoms with Gasteiger partial charge < -0.3 is 10.6 Å². The van der Waals surface area contributed by atoms with Crippen LogP contribution in [0.15, 0.2) is 12.3 Å². The summed E-state index contributed by atoms with van der Waals surface area (Å²) < 4.78 is 0. The van der Waals surface area contributed by atoms with Crippen molar-refractivity contribution in [1.82, 2.24) is 4.98 Å². The second-order valence-corrected chi connectivity index (χ2v) is 4.23. The summed E-state index contributed by atoms with van der Waals surface area (Å²) >= 11 is 0. The Kier molecular flexibility index (Phi) is 2.95. The van der Waals surface area contributed by atoms with Gasteiger partial charge in [-0.05, 0) is 31.7 Å². The summed E-state index contributed by atoms with van der Waals surface area (Å²) in [5.41, 5.74) is 7.03. The van der Waals surface area contributed by atoms with Crippen LogP contribution in [0.2, 0.25) is 0 Å². The topological polar surface area (TPSA) is 65.9 Å². The minimum Gasteiger partial charge on any atom is -0.396 e. The van der Waals surface area contributed by atoms with Crippen LogP contribution in [0, 0.1) is 17.2 Å². The Bertz CT molecular complexity index is 418. The molecular weight excluding hydrogens is 200 g/mol. The third-order valence-electron chi connectivity index (χ3n) is 2.88. The molecule has 0 aromatic carbocycles. The molecule has 0 atom stereocenters. The Morgan fingerprint density at radius 2 is 2.38 bits per heavy atom. The third kappa shape index (κ3) is 2.25. The molecule has 84 valence electrons. The van der Waals surface area contributed by atoms with Gasteiger partial charge in [0.15, 0.2) is 5.82 Å². The van der Waals surface area contributed by atoms with Gasteiger partial charge in [-0.15, -0.1) is 0 Å². The first-order chi connectivity index (χ1) is 7.74. The van der Waals surface area contributed by atoms with E-state index in [-0.39, 0.29) is 0 Å². The molecule has 1 fully saturated rings. The van der Waals surface area contributed by atoms with Crippen LogP contribution in [0.1, 0.15) is 25.3 Å². The van der Waals surface area contributed by atoms with Crippen molar-refractivity contribution in [3.63, 3.8) is 0 Å². The van der Waals surface area contributed by atoms with Crippen molar-refractivity contribution >= 4 is 11.5 Å². The number of hydrogen-bond donors (Lipinski definition) is 1. The molecule has 1 aromatic heterocycles. The van der Waals surface area contributed by atoms with E-state index in [4.69, 9.17) is 11.0 Å². The van der Waals surface area contributed by atoms with Gasteiger partial charge in [0, 0.05) is 19.3 Å². The van der Waals surface area contributed by atoms with E-state index in [1.807, 2.05) is 6.07 Å². The fourth-order valence-electron chi connectivity index (χ4n) is 1.78. The molecule has 0 amide bonds. The summed E-state index contributed by atoms with van der Waals surface area (Å²) in [6.07, 6.45) is 4.21. The number of nitrogens with zero attached hydrogens (tertiary/aromatic N) is 3. The second kappa shape index (κ2) is 4.40. The van der Waals surface area contributed by atoms with Crippen molar-refractivity contribution in [3.05, 3.63) is 17.8 Å². The van der Waals surface area contributed by atoms with E-state index in [0.29, 0.717) is 11.3 Å². The van der Waals surface area contributed by atoms with Crippen molar-refractivity contribution in [2.24, 2.45) is 5.92 Å². The van der Waals surface area contributed by atoms with E-state index in [1.165, 1.54) is 12.8 Å². The minimum absolute atomic E-state index is 0.517. The highest BCUT2D eigenvalue weighted by atomic mass is 15.2. The number of pyridine rings is 1. The van der Waals surface area contributed by atoms with Crippen LogP contribution >= 0.6 is 0 Å². The van der Waals surface area contributed by atoms with Crippen molar-refractivity contribution in [2.75, 3.05) is 23.7 Å². The first kappa shape index (κ1) is 10.7. The fourth-order valence-corrected chi connectivity index (χ4v) is 1.78. The predicted molar refractivity (Wildman–Crippen MR) is 64.0 cm³/mol. The van der Waals surface area contributed by atoms with Gasteiger partial charge in [-0.1, -0.05) is 0 Å². The van der Waals surface area contributed by atoms with Crippen LogP contribution in [0.5, 0.6) is 0 Å². The zero-order valence-corrected chi connectivity index (χ0v) is 9.48. The van der Waals surface area contributed by atoms with Crippen molar-refractivity contribution in [3.8, 4) is 6.07 Å². The summed E-state index contributed by atoms with van der Waals surface area (Å²) in [5.74, 6) is 1.62. The maximum atomic E-state index is 8.74.